The summed E-state index contributed by atoms with van der Waals surface area (Å²) in [6.07, 6.45) is 1.56. The zero-order chi connectivity index (χ0) is 18.1. The Morgan fingerprint density at radius 2 is 1.88 bits per heavy atom. The van der Waals surface area contributed by atoms with Crippen LogP contribution in [0.2, 0.25) is 15.1 Å². The molecule has 0 saturated carbocycles. The second kappa shape index (κ2) is 7.08. The molecule has 7 heteroatoms. The second-order valence-corrected chi connectivity index (χ2v) is 6.75. The molecule has 0 unspecified atom stereocenters. The summed E-state index contributed by atoms with van der Waals surface area (Å²) in [5.74, 6) is -0.350. The van der Waals surface area contributed by atoms with Crippen LogP contribution in [0.1, 0.15) is 24.1 Å². The Morgan fingerprint density at radius 1 is 1.12 bits per heavy atom. The molecule has 0 radical (unpaired) electrons. The van der Waals surface area contributed by atoms with Crippen molar-refractivity contribution in [3.63, 3.8) is 0 Å². The molecule has 0 aliphatic heterocycles. The number of fused-ring (bicyclic) bond motifs is 1. The van der Waals surface area contributed by atoms with Crippen LogP contribution >= 0.6 is 34.8 Å². The van der Waals surface area contributed by atoms with Crippen LogP contribution in [0.15, 0.2) is 42.6 Å². The first kappa shape index (κ1) is 17.8. The standard InChI is InChI=1S/C18H13Cl3N2O2/c1-9(24)23-16(12-5-4-10(19)7-14(12)20)13-8-15(21)11-3-2-6-22-17(11)18(13)25/h2-8,16,25H,1H3,(H,23,24)/t16-/m1/s1. The molecule has 3 aromatic rings. The molecule has 3 rings (SSSR count). The van der Waals surface area contributed by atoms with Gasteiger partial charge in [-0.2, -0.15) is 0 Å². The summed E-state index contributed by atoms with van der Waals surface area (Å²) in [7, 11) is 0. The number of carbonyl (C=O) groups excluding carboxylic acids is 1. The van der Waals surface area contributed by atoms with Crippen LogP contribution in [0.3, 0.4) is 0 Å². The van der Waals surface area contributed by atoms with Gasteiger partial charge in [-0.25, -0.2) is 0 Å². The highest BCUT2D eigenvalue weighted by atomic mass is 35.5. The third-order valence-corrected chi connectivity index (χ3v) is 4.65. The predicted octanol–water partition coefficient (Wildman–Crippen LogP) is 5.13. The van der Waals surface area contributed by atoms with Crippen molar-refractivity contribution in [2.24, 2.45) is 0 Å². The van der Waals surface area contributed by atoms with E-state index in [1.54, 1.807) is 42.6 Å². The minimum atomic E-state index is -0.703. The maximum atomic E-state index is 11.7. The molecule has 0 spiro atoms. The summed E-state index contributed by atoms with van der Waals surface area (Å²) in [6.45, 7) is 1.38. The van der Waals surface area contributed by atoms with Crippen molar-refractivity contribution in [1.82, 2.24) is 10.3 Å². The number of nitrogens with zero attached hydrogens (tertiary/aromatic N) is 1. The van der Waals surface area contributed by atoms with Crippen LogP contribution in [0.4, 0.5) is 0 Å². The van der Waals surface area contributed by atoms with E-state index >= 15 is 0 Å². The number of phenolic OH excluding ortho intramolecular Hbond substituents is 1. The van der Waals surface area contributed by atoms with E-state index in [0.29, 0.717) is 37.1 Å². The van der Waals surface area contributed by atoms with Gasteiger partial charge in [-0.3, -0.25) is 9.78 Å². The number of pyridine rings is 1. The molecule has 1 amide bonds. The van der Waals surface area contributed by atoms with Crippen molar-refractivity contribution in [3.05, 3.63) is 68.8 Å². The summed E-state index contributed by atoms with van der Waals surface area (Å²) in [5, 5.41) is 15.4. The Labute approximate surface area is 159 Å². The van der Waals surface area contributed by atoms with Crippen LogP contribution in [-0.2, 0) is 4.79 Å². The van der Waals surface area contributed by atoms with E-state index in [-0.39, 0.29) is 11.7 Å². The van der Waals surface area contributed by atoms with Crippen molar-refractivity contribution in [1.29, 1.82) is 0 Å². The Balaban J connectivity index is 2.25. The lowest BCUT2D eigenvalue weighted by atomic mass is 9.96. The van der Waals surface area contributed by atoms with E-state index in [2.05, 4.69) is 10.3 Å². The lowest BCUT2D eigenvalue weighted by molar-refractivity contribution is -0.119. The fraction of sp³-hybridized carbons (Fsp3) is 0.111. The number of halogens is 3. The first-order chi connectivity index (χ1) is 11.9. The van der Waals surface area contributed by atoms with E-state index in [1.165, 1.54) is 6.92 Å². The zero-order valence-electron chi connectivity index (χ0n) is 13.1. The van der Waals surface area contributed by atoms with Gasteiger partial charge in [0.15, 0.2) is 0 Å². The Kier molecular flexibility index (Phi) is 5.04. The van der Waals surface area contributed by atoms with Gasteiger partial charge in [-0.15, -0.1) is 0 Å². The molecule has 1 atom stereocenters. The number of phenols is 1. The smallest absolute Gasteiger partial charge is 0.217 e. The highest BCUT2D eigenvalue weighted by Crippen LogP contribution is 2.40. The van der Waals surface area contributed by atoms with Crippen molar-refractivity contribution in [2.45, 2.75) is 13.0 Å². The van der Waals surface area contributed by atoms with Crippen molar-refractivity contribution < 1.29 is 9.90 Å². The average Bonchev–Trinajstić information content (AvgIpc) is 2.56. The maximum absolute atomic E-state index is 11.7. The second-order valence-electron chi connectivity index (χ2n) is 5.50. The van der Waals surface area contributed by atoms with Gasteiger partial charge < -0.3 is 10.4 Å². The molecule has 128 valence electrons. The highest BCUT2D eigenvalue weighted by molar-refractivity contribution is 6.36. The van der Waals surface area contributed by atoms with Crippen LogP contribution in [0, 0.1) is 0 Å². The molecule has 1 aromatic heterocycles. The molecule has 0 saturated heterocycles. The first-order valence-electron chi connectivity index (χ1n) is 7.36. The molecule has 0 aliphatic rings. The fourth-order valence-corrected chi connectivity index (χ4v) is 3.48. The van der Waals surface area contributed by atoms with Crippen molar-refractivity contribution >= 4 is 51.6 Å². The number of rotatable bonds is 3. The van der Waals surface area contributed by atoms with Gasteiger partial charge in [0.2, 0.25) is 5.91 Å². The maximum Gasteiger partial charge on any atom is 0.217 e. The molecule has 4 nitrogen and oxygen atoms in total. The average molecular weight is 396 g/mol. The largest absolute Gasteiger partial charge is 0.505 e. The number of aromatic hydroxyl groups is 1. The first-order valence-corrected chi connectivity index (χ1v) is 8.50. The molecule has 25 heavy (non-hydrogen) atoms. The Morgan fingerprint density at radius 3 is 2.56 bits per heavy atom. The molecule has 2 aromatic carbocycles. The number of aromatic nitrogens is 1. The molecule has 0 fully saturated rings. The van der Waals surface area contributed by atoms with Crippen molar-refractivity contribution in [2.75, 3.05) is 0 Å². The van der Waals surface area contributed by atoms with Gasteiger partial charge >= 0.3 is 0 Å². The van der Waals surface area contributed by atoms with Crippen LogP contribution in [-0.4, -0.2) is 16.0 Å². The Bertz CT molecular complexity index is 976. The third-order valence-electron chi connectivity index (χ3n) is 3.78. The number of benzene rings is 2. The van der Waals surface area contributed by atoms with E-state index in [9.17, 15) is 9.90 Å². The quantitative estimate of drug-likeness (QED) is 0.646. The molecule has 2 N–H and O–H groups in total. The monoisotopic (exact) mass is 394 g/mol. The minimum absolute atomic E-state index is 0.0650. The van der Waals surface area contributed by atoms with E-state index in [4.69, 9.17) is 34.8 Å². The fourth-order valence-electron chi connectivity index (χ4n) is 2.69. The SMILES string of the molecule is CC(=O)N[C@H](c1ccc(Cl)cc1Cl)c1cc(Cl)c2cccnc2c1O. The number of amides is 1. The van der Waals surface area contributed by atoms with Gasteiger partial charge in [0.1, 0.15) is 11.3 Å². The molecule has 0 aliphatic carbocycles. The van der Waals surface area contributed by atoms with Gasteiger partial charge in [0, 0.05) is 34.1 Å². The van der Waals surface area contributed by atoms with Gasteiger partial charge in [-0.05, 0) is 35.9 Å². The summed E-state index contributed by atoms with van der Waals surface area (Å²) < 4.78 is 0. The number of carbonyl (C=O) groups is 1. The lowest BCUT2D eigenvalue weighted by Gasteiger charge is -2.22. The van der Waals surface area contributed by atoms with Crippen LogP contribution in [0.25, 0.3) is 10.9 Å². The van der Waals surface area contributed by atoms with E-state index in [1.807, 2.05) is 0 Å². The number of hydrogen-bond acceptors (Lipinski definition) is 3. The predicted molar refractivity (Wildman–Crippen MR) is 101 cm³/mol. The van der Waals surface area contributed by atoms with Gasteiger partial charge in [0.25, 0.3) is 0 Å². The summed E-state index contributed by atoms with van der Waals surface area (Å²) in [4.78, 5) is 15.9. The summed E-state index contributed by atoms with van der Waals surface area (Å²) in [5.41, 5.74) is 1.34. The number of hydrogen-bond donors (Lipinski definition) is 2. The number of nitrogens with one attached hydrogen (secondary N) is 1. The summed E-state index contributed by atoms with van der Waals surface area (Å²) in [6, 6.07) is 9.33. The Hall–Kier alpha value is -2.01. The zero-order valence-corrected chi connectivity index (χ0v) is 15.3. The van der Waals surface area contributed by atoms with E-state index in [0.717, 1.165) is 0 Å². The third kappa shape index (κ3) is 3.52. The van der Waals surface area contributed by atoms with Crippen LogP contribution < -0.4 is 5.32 Å². The van der Waals surface area contributed by atoms with Gasteiger partial charge in [0.05, 0.1) is 11.1 Å². The molecular formula is C18H13Cl3N2O2. The van der Waals surface area contributed by atoms with Gasteiger partial charge in [-0.1, -0.05) is 40.9 Å². The van der Waals surface area contributed by atoms with Crippen molar-refractivity contribution in [3.8, 4) is 5.75 Å². The molecule has 1 heterocycles. The summed E-state index contributed by atoms with van der Waals surface area (Å²) >= 11 is 18.6. The minimum Gasteiger partial charge on any atom is -0.505 e. The lowest BCUT2D eigenvalue weighted by Crippen LogP contribution is -2.27. The molecular weight excluding hydrogens is 383 g/mol. The van der Waals surface area contributed by atoms with E-state index < -0.39 is 6.04 Å². The highest BCUT2D eigenvalue weighted by Gasteiger charge is 2.24. The van der Waals surface area contributed by atoms with Crippen LogP contribution in [0.5, 0.6) is 5.75 Å². The molecule has 0 bridgehead atoms. The normalized spacial score (nSPS) is 12.2. The topological polar surface area (TPSA) is 62.2 Å².